The Hall–Kier alpha value is -1.78. The zero-order chi connectivity index (χ0) is 13.3. The van der Waals surface area contributed by atoms with Gasteiger partial charge in [0.25, 0.3) is 0 Å². The molecule has 2 rings (SSSR count). The zero-order valence-corrected chi connectivity index (χ0v) is 10.3. The van der Waals surface area contributed by atoms with E-state index in [9.17, 15) is 14.3 Å². The van der Waals surface area contributed by atoms with Crippen LogP contribution in [0.25, 0.3) is 0 Å². The first-order valence-electron chi connectivity index (χ1n) is 5.71. The number of carboxylic acids is 1. The maximum Gasteiger partial charge on any atom is 0.314 e. The van der Waals surface area contributed by atoms with E-state index in [0.717, 1.165) is 6.42 Å². The van der Waals surface area contributed by atoms with Crippen molar-refractivity contribution in [3.8, 4) is 11.5 Å². The van der Waals surface area contributed by atoms with Crippen LogP contribution in [0.2, 0.25) is 0 Å². The smallest absolute Gasteiger partial charge is 0.314 e. The van der Waals surface area contributed by atoms with Crippen molar-refractivity contribution in [1.29, 1.82) is 0 Å². The lowest BCUT2D eigenvalue weighted by Crippen LogP contribution is -2.43. The number of aliphatic carboxylic acids is 1. The molecule has 0 amide bonds. The molecular weight excluding hydrogens is 239 g/mol. The summed E-state index contributed by atoms with van der Waals surface area (Å²) in [4.78, 5) is 11.5. The minimum atomic E-state index is -1.18. The van der Waals surface area contributed by atoms with E-state index in [0.29, 0.717) is 18.6 Å². The molecule has 1 aliphatic carbocycles. The average molecular weight is 254 g/mol. The molecule has 0 spiro atoms. The van der Waals surface area contributed by atoms with E-state index < -0.39 is 17.2 Å². The summed E-state index contributed by atoms with van der Waals surface area (Å²) in [6.45, 7) is 0. The molecule has 98 valence electrons. The van der Waals surface area contributed by atoms with Crippen molar-refractivity contribution in [3.63, 3.8) is 0 Å². The van der Waals surface area contributed by atoms with Gasteiger partial charge in [-0.1, -0.05) is 6.42 Å². The molecule has 0 atom stereocenters. The summed E-state index contributed by atoms with van der Waals surface area (Å²) in [5.41, 5.74) is -1.08. The van der Waals surface area contributed by atoms with Crippen molar-refractivity contribution >= 4 is 5.97 Å². The average Bonchev–Trinajstić information content (AvgIpc) is 2.29. The van der Waals surface area contributed by atoms with Crippen LogP contribution in [0.5, 0.6) is 11.5 Å². The Morgan fingerprint density at radius 1 is 1.33 bits per heavy atom. The third kappa shape index (κ3) is 1.62. The van der Waals surface area contributed by atoms with E-state index in [2.05, 4.69) is 0 Å². The van der Waals surface area contributed by atoms with E-state index in [1.165, 1.54) is 26.4 Å². The Balaban J connectivity index is 2.65. The van der Waals surface area contributed by atoms with Crippen molar-refractivity contribution in [2.75, 3.05) is 14.2 Å². The van der Waals surface area contributed by atoms with Crippen LogP contribution in [0, 0.1) is 5.82 Å². The van der Waals surface area contributed by atoms with Crippen LogP contribution < -0.4 is 9.47 Å². The lowest BCUT2D eigenvalue weighted by atomic mass is 9.64. The molecule has 0 aliphatic heterocycles. The number of benzene rings is 1. The number of hydrogen-bond acceptors (Lipinski definition) is 3. The Labute approximate surface area is 104 Å². The van der Waals surface area contributed by atoms with Gasteiger partial charge in [0.15, 0.2) is 11.5 Å². The van der Waals surface area contributed by atoms with Crippen LogP contribution >= 0.6 is 0 Å². The fourth-order valence-electron chi connectivity index (χ4n) is 2.45. The molecule has 1 fully saturated rings. The first-order valence-corrected chi connectivity index (χ1v) is 5.71. The Morgan fingerprint density at radius 3 is 2.39 bits per heavy atom. The van der Waals surface area contributed by atoms with Crippen LogP contribution in [0.3, 0.4) is 0 Å². The second-order valence-electron chi connectivity index (χ2n) is 4.40. The molecule has 4 nitrogen and oxygen atoms in total. The molecule has 0 bridgehead atoms. The van der Waals surface area contributed by atoms with Crippen molar-refractivity contribution in [3.05, 3.63) is 23.5 Å². The minimum Gasteiger partial charge on any atom is -0.493 e. The van der Waals surface area contributed by atoms with Gasteiger partial charge in [0, 0.05) is 0 Å². The SMILES string of the molecule is COc1ccc(F)c(C2(C(=O)O)CCC2)c1OC. The highest BCUT2D eigenvalue weighted by molar-refractivity contribution is 5.84. The summed E-state index contributed by atoms with van der Waals surface area (Å²) in [7, 11) is 2.82. The fourth-order valence-corrected chi connectivity index (χ4v) is 2.45. The first-order chi connectivity index (χ1) is 8.56. The van der Waals surface area contributed by atoms with Gasteiger partial charge in [-0.05, 0) is 25.0 Å². The van der Waals surface area contributed by atoms with Gasteiger partial charge < -0.3 is 14.6 Å². The number of hydrogen-bond donors (Lipinski definition) is 1. The van der Waals surface area contributed by atoms with Gasteiger partial charge in [0.1, 0.15) is 5.82 Å². The molecule has 1 N–H and O–H groups in total. The molecule has 0 unspecified atom stereocenters. The van der Waals surface area contributed by atoms with Crippen molar-refractivity contribution < 1.29 is 23.8 Å². The van der Waals surface area contributed by atoms with E-state index in [4.69, 9.17) is 9.47 Å². The van der Waals surface area contributed by atoms with Crippen LogP contribution in [0.15, 0.2) is 12.1 Å². The molecule has 0 aromatic heterocycles. The topological polar surface area (TPSA) is 55.8 Å². The third-order valence-electron chi connectivity index (χ3n) is 3.59. The van der Waals surface area contributed by atoms with Gasteiger partial charge in [-0.3, -0.25) is 4.79 Å². The van der Waals surface area contributed by atoms with Crippen LogP contribution in [-0.2, 0) is 10.2 Å². The summed E-state index contributed by atoms with van der Waals surface area (Å²) >= 11 is 0. The molecule has 1 saturated carbocycles. The largest absolute Gasteiger partial charge is 0.493 e. The highest BCUT2D eigenvalue weighted by Gasteiger charge is 2.50. The van der Waals surface area contributed by atoms with E-state index in [1.807, 2.05) is 0 Å². The normalized spacial score (nSPS) is 16.8. The number of carboxylic acid groups (broad SMARTS) is 1. The number of methoxy groups -OCH3 is 2. The molecule has 0 saturated heterocycles. The second kappa shape index (κ2) is 4.48. The first kappa shape index (κ1) is 12.7. The second-order valence-corrected chi connectivity index (χ2v) is 4.40. The van der Waals surface area contributed by atoms with Gasteiger partial charge in [0.05, 0.1) is 25.2 Å². The van der Waals surface area contributed by atoms with Crippen LogP contribution in [-0.4, -0.2) is 25.3 Å². The minimum absolute atomic E-state index is 0.100. The van der Waals surface area contributed by atoms with Crippen molar-refractivity contribution in [1.82, 2.24) is 0 Å². The summed E-state index contributed by atoms with van der Waals surface area (Å²) in [5.74, 6) is -1.05. The molecule has 1 aliphatic rings. The highest BCUT2D eigenvalue weighted by atomic mass is 19.1. The molecule has 18 heavy (non-hydrogen) atoms. The summed E-state index contributed by atoms with van der Waals surface area (Å²) in [5, 5.41) is 9.38. The Morgan fingerprint density at radius 2 is 2.00 bits per heavy atom. The van der Waals surface area contributed by atoms with Gasteiger partial charge in [-0.2, -0.15) is 0 Å². The maximum absolute atomic E-state index is 14.0. The van der Waals surface area contributed by atoms with E-state index >= 15 is 0 Å². The van der Waals surface area contributed by atoms with Gasteiger partial charge in [0.2, 0.25) is 0 Å². The quantitative estimate of drug-likeness (QED) is 0.896. The zero-order valence-electron chi connectivity index (χ0n) is 10.3. The summed E-state index contributed by atoms with van der Waals surface area (Å²) in [6, 6.07) is 2.66. The monoisotopic (exact) mass is 254 g/mol. The lowest BCUT2D eigenvalue weighted by molar-refractivity contribution is -0.147. The maximum atomic E-state index is 14.0. The Kier molecular flexibility index (Phi) is 3.15. The van der Waals surface area contributed by atoms with Crippen LogP contribution in [0.1, 0.15) is 24.8 Å². The standard InChI is InChI=1S/C13H15FO4/c1-17-9-5-4-8(14)10(11(9)18-2)13(12(15)16)6-3-7-13/h4-5H,3,6-7H2,1-2H3,(H,15,16). The Bertz CT molecular complexity index is 480. The van der Waals surface area contributed by atoms with E-state index in [-0.39, 0.29) is 11.3 Å². The van der Waals surface area contributed by atoms with Crippen molar-refractivity contribution in [2.24, 2.45) is 0 Å². The summed E-state index contributed by atoms with van der Waals surface area (Å²) < 4.78 is 24.3. The van der Waals surface area contributed by atoms with Gasteiger partial charge >= 0.3 is 5.97 Å². The molecule has 5 heteroatoms. The van der Waals surface area contributed by atoms with Gasteiger partial charge in [-0.25, -0.2) is 4.39 Å². The molecular formula is C13H15FO4. The number of rotatable bonds is 4. The predicted molar refractivity (Wildman–Crippen MR) is 62.7 cm³/mol. The number of carbonyl (C=O) groups is 1. The predicted octanol–water partition coefficient (Wildman–Crippen LogP) is 2.35. The van der Waals surface area contributed by atoms with Gasteiger partial charge in [-0.15, -0.1) is 0 Å². The molecule has 1 aromatic carbocycles. The molecule has 0 radical (unpaired) electrons. The van der Waals surface area contributed by atoms with Crippen LogP contribution in [0.4, 0.5) is 4.39 Å². The summed E-state index contributed by atoms with van der Waals surface area (Å²) in [6.07, 6.45) is 1.61. The molecule has 0 heterocycles. The van der Waals surface area contributed by atoms with Crippen molar-refractivity contribution in [2.45, 2.75) is 24.7 Å². The van der Waals surface area contributed by atoms with E-state index in [1.54, 1.807) is 0 Å². The fraction of sp³-hybridized carbons (Fsp3) is 0.462. The number of halogens is 1. The number of ether oxygens (including phenoxy) is 2. The lowest BCUT2D eigenvalue weighted by Gasteiger charge is -2.39. The third-order valence-corrected chi connectivity index (χ3v) is 3.59. The highest BCUT2D eigenvalue weighted by Crippen LogP contribution is 2.50. The molecule has 1 aromatic rings.